The van der Waals surface area contributed by atoms with Crippen LogP contribution in [0, 0.1) is 11.8 Å². The summed E-state index contributed by atoms with van der Waals surface area (Å²) >= 11 is 0. The maximum absolute atomic E-state index is 12.3. The molecule has 1 aromatic carbocycles. The number of carbonyl (C=O) groups excluding carboxylic acids is 1. The van der Waals surface area contributed by atoms with E-state index >= 15 is 0 Å². The number of ether oxygens (including phenoxy) is 2. The Morgan fingerprint density at radius 3 is 3.08 bits per heavy atom. The molecule has 4 atom stereocenters. The number of fused-ring (bicyclic) bond motifs is 6. The highest BCUT2D eigenvalue weighted by Crippen LogP contribution is 2.47. The summed E-state index contributed by atoms with van der Waals surface area (Å²) in [7, 11) is 1.45. The first-order chi connectivity index (χ1) is 12.7. The van der Waals surface area contributed by atoms with Gasteiger partial charge in [-0.25, -0.2) is 4.79 Å². The van der Waals surface area contributed by atoms with Gasteiger partial charge in [-0.15, -0.1) is 0 Å². The van der Waals surface area contributed by atoms with Crippen LogP contribution in [-0.2, 0) is 20.7 Å². The van der Waals surface area contributed by atoms with Crippen LogP contribution in [0.25, 0.3) is 10.9 Å². The fourth-order valence-electron chi connectivity index (χ4n) is 5.19. The average Bonchev–Trinajstić information content (AvgIpc) is 3.06. The van der Waals surface area contributed by atoms with E-state index in [-0.39, 0.29) is 19.4 Å². The number of nitrogens with zero attached hydrogens (tertiary/aromatic N) is 1. The van der Waals surface area contributed by atoms with Crippen molar-refractivity contribution >= 4 is 16.9 Å². The topological polar surface area (TPSA) is 54.6 Å². The zero-order valence-corrected chi connectivity index (χ0v) is 15.2. The Balaban J connectivity index is 0.00000180. The number of methoxy groups -OCH3 is 1. The fraction of sp³-hybridized carbons (Fsp3) is 0.476. The lowest BCUT2D eigenvalue weighted by atomic mass is 9.72. The number of hydrogen-bond acceptors (Lipinski definition) is 4. The smallest absolute Gasteiger partial charge is 0.337 e. The number of aromatic nitrogens is 1. The number of rotatable bonds is 1. The third-order valence-corrected chi connectivity index (χ3v) is 6.54. The first-order valence-corrected chi connectivity index (χ1v) is 9.44. The minimum atomic E-state index is -0.256. The summed E-state index contributed by atoms with van der Waals surface area (Å²) in [6.45, 7) is 4.13. The van der Waals surface area contributed by atoms with E-state index in [4.69, 9.17) is 9.47 Å². The molecule has 1 saturated heterocycles. The highest BCUT2D eigenvalue weighted by molar-refractivity contribution is 5.89. The van der Waals surface area contributed by atoms with E-state index in [0.717, 1.165) is 25.9 Å². The van der Waals surface area contributed by atoms with Gasteiger partial charge in [0, 0.05) is 42.9 Å². The molecule has 1 aromatic heterocycles. The SMILES string of the molecule is COC(=O)C1=CO[C@@H](C)C2CN3CCc4c([nH]c5ccccc45)[C@H]3C[C@@H]12.[HH]. The summed E-state index contributed by atoms with van der Waals surface area (Å²) < 4.78 is 10.8. The number of para-hydroxylation sites is 1. The summed E-state index contributed by atoms with van der Waals surface area (Å²) in [4.78, 5) is 18.5. The summed E-state index contributed by atoms with van der Waals surface area (Å²) in [6, 6.07) is 8.88. The van der Waals surface area contributed by atoms with Crippen molar-refractivity contribution in [1.82, 2.24) is 9.88 Å². The van der Waals surface area contributed by atoms with E-state index in [1.165, 1.54) is 29.3 Å². The molecule has 1 unspecified atom stereocenters. The number of piperidine rings is 1. The van der Waals surface area contributed by atoms with Crippen LogP contribution in [-0.4, -0.2) is 42.2 Å². The lowest BCUT2D eigenvalue weighted by Crippen LogP contribution is -2.51. The van der Waals surface area contributed by atoms with Gasteiger partial charge in [0.2, 0.25) is 0 Å². The summed E-state index contributed by atoms with van der Waals surface area (Å²) in [5.74, 6) is 0.258. The monoisotopic (exact) mass is 354 g/mol. The molecule has 0 aliphatic carbocycles. The van der Waals surface area contributed by atoms with Crippen LogP contribution in [0.4, 0.5) is 0 Å². The van der Waals surface area contributed by atoms with E-state index in [0.29, 0.717) is 17.5 Å². The minimum absolute atomic E-state index is 0. The molecule has 4 heterocycles. The number of benzene rings is 1. The Morgan fingerprint density at radius 2 is 2.23 bits per heavy atom. The Bertz CT molecular complexity index is 906. The molecule has 5 rings (SSSR count). The predicted molar refractivity (Wildman–Crippen MR) is 101 cm³/mol. The van der Waals surface area contributed by atoms with Crippen molar-refractivity contribution in [2.45, 2.75) is 31.9 Å². The molecule has 2 aromatic rings. The van der Waals surface area contributed by atoms with Gasteiger partial charge in [-0.2, -0.15) is 0 Å². The third kappa shape index (κ3) is 2.23. The van der Waals surface area contributed by atoms with Gasteiger partial charge in [0.1, 0.15) is 0 Å². The first kappa shape index (κ1) is 15.9. The van der Waals surface area contributed by atoms with Crippen LogP contribution in [0.15, 0.2) is 36.1 Å². The van der Waals surface area contributed by atoms with Crippen molar-refractivity contribution in [1.29, 1.82) is 0 Å². The van der Waals surface area contributed by atoms with Crippen LogP contribution < -0.4 is 0 Å². The van der Waals surface area contributed by atoms with Crippen molar-refractivity contribution in [2.75, 3.05) is 20.2 Å². The third-order valence-electron chi connectivity index (χ3n) is 6.54. The molecule has 1 N–H and O–H groups in total. The highest BCUT2D eigenvalue weighted by atomic mass is 16.5. The van der Waals surface area contributed by atoms with Crippen molar-refractivity contribution in [3.8, 4) is 0 Å². The Morgan fingerprint density at radius 1 is 1.38 bits per heavy atom. The second kappa shape index (κ2) is 5.88. The molecule has 5 heteroatoms. The Kier molecular flexibility index (Phi) is 3.60. The van der Waals surface area contributed by atoms with Gasteiger partial charge < -0.3 is 14.5 Å². The highest BCUT2D eigenvalue weighted by Gasteiger charge is 2.46. The van der Waals surface area contributed by atoms with Crippen LogP contribution in [0.3, 0.4) is 0 Å². The molecule has 1 fully saturated rings. The van der Waals surface area contributed by atoms with Crippen LogP contribution in [0.1, 0.15) is 32.1 Å². The van der Waals surface area contributed by atoms with Gasteiger partial charge in [0.15, 0.2) is 0 Å². The molecular formula is C21H26N2O3. The second-order valence-electron chi connectivity index (χ2n) is 7.74. The van der Waals surface area contributed by atoms with Crippen LogP contribution >= 0.6 is 0 Å². The lowest BCUT2D eigenvalue weighted by Gasteiger charge is -2.49. The van der Waals surface area contributed by atoms with Crippen LogP contribution in [0.5, 0.6) is 0 Å². The normalized spacial score (nSPS) is 30.6. The fourth-order valence-corrected chi connectivity index (χ4v) is 5.19. The van der Waals surface area contributed by atoms with Gasteiger partial charge >= 0.3 is 5.97 Å². The number of nitrogens with one attached hydrogen (secondary N) is 1. The van der Waals surface area contributed by atoms with Gasteiger partial charge in [0.05, 0.1) is 31.1 Å². The van der Waals surface area contributed by atoms with Crippen LogP contribution in [0.2, 0.25) is 0 Å². The van der Waals surface area contributed by atoms with E-state index in [9.17, 15) is 4.79 Å². The van der Waals surface area contributed by atoms with Crippen molar-refractivity contribution in [3.05, 3.63) is 47.4 Å². The first-order valence-electron chi connectivity index (χ1n) is 9.44. The van der Waals surface area contributed by atoms with E-state index < -0.39 is 0 Å². The standard InChI is InChI=1S/C21H24N2O3.H2/c1-12-16-10-23-8-7-14-13-5-3-4-6-18(13)22-20(14)19(23)9-15(16)17(11-26-12)21(24)25-2;/h3-6,11-12,15-16,19,22H,7-10H2,1-2H3;1H/t12-,15+,16?,19+;/m0./s1. The maximum atomic E-state index is 12.3. The van der Waals surface area contributed by atoms with Gasteiger partial charge in [-0.1, -0.05) is 18.2 Å². The molecule has 138 valence electrons. The number of H-pyrrole nitrogens is 1. The molecule has 0 saturated carbocycles. The molecule has 0 radical (unpaired) electrons. The van der Waals surface area contributed by atoms with Gasteiger partial charge in [-0.05, 0) is 31.4 Å². The van der Waals surface area contributed by atoms with E-state index in [2.05, 4.69) is 41.1 Å². The maximum Gasteiger partial charge on any atom is 0.337 e. The largest absolute Gasteiger partial charge is 0.497 e. The predicted octanol–water partition coefficient (Wildman–Crippen LogP) is 3.42. The quantitative estimate of drug-likeness (QED) is 0.797. The Labute approximate surface area is 154 Å². The van der Waals surface area contributed by atoms with Gasteiger partial charge in [-0.3, -0.25) is 4.90 Å². The Hall–Kier alpha value is -2.27. The zero-order chi connectivity index (χ0) is 17.8. The molecule has 26 heavy (non-hydrogen) atoms. The van der Waals surface area contributed by atoms with Crippen molar-refractivity contribution in [2.24, 2.45) is 11.8 Å². The van der Waals surface area contributed by atoms with Crippen molar-refractivity contribution in [3.63, 3.8) is 0 Å². The number of aromatic amines is 1. The summed E-state index contributed by atoms with van der Waals surface area (Å²) in [6.07, 6.45) is 3.77. The molecule has 0 bridgehead atoms. The van der Waals surface area contributed by atoms with Crippen molar-refractivity contribution < 1.29 is 15.7 Å². The van der Waals surface area contributed by atoms with Gasteiger partial charge in [0.25, 0.3) is 0 Å². The minimum Gasteiger partial charge on any atom is -0.497 e. The molecule has 3 aliphatic rings. The number of esters is 1. The molecule has 0 spiro atoms. The average molecular weight is 354 g/mol. The number of hydrogen-bond donors (Lipinski definition) is 1. The van der Waals surface area contributed by atoms with E-state index in [1.54, 1.807) is 6.26 Å². The molecule has 3 aliphatic heterocycles. The zero-order valence-electron chi connectivity index (χ0n) is 15.2. The summed E-state index contributed by atoms with van der Waals surface area (Å²) in [5, 5.41) is 1.34. The molecule has 0 amide bonds. The van der Waals surface area contributed by atoms with E-state index in [1.807, 2.05) is 0 Å². The summed E-state index contributed by atoms with van der Waals surface area (Å²) in [5.41, 5.74) is 4.69. The number of carbonyl (C=O) groups is 1. The molecule has 5 nitrogen and oxygen atoms in total. The lowest BCUT2D eigenvalue weighted by molar-refractivity contribution is -0.139. The second-order valence-corrected chi connectivity index (χ2v) is 7.74. The molecular weight excluding hydrogens is 328 g/mol.